The van der Waals surface area contributed by atoms with E-state index in [-0.39, 0.29) is 0 Å². The first-order valence-corrected chi connectivity index (χ1v) is 20.6. The monoisotopic (exact) mass is 764 g/mol. The molecule has 0 aliphatic heterocycles. The van der Waals surface area contributed by atoms with Crippen LogP contribution in [0.15, 0.2) is 243 Å². The summed E-state index contributed by atoms with van der Waals surface area (Å²) in [6.07, 6.45) is 0. The van der Waals surface area contributed by atoms with Crippen molar-refractivity contribution in [2.45, 2.75) is 0 Å². The highest BCUT2D eigenvalue weighted by atomic mass is 15.1. The zero-order valence-electron chi connectivity index (χ0n) is 33.0. The minimum absolute atomic E-state index is 1.09. The van der Waals surface area contributed by atoms with Crippen molar-refractivity contribution in [2.75, 3.05) is 4.90 Å². The van der Waals surface area contributed by atoms with Gasteiger partial charge >= 0.3 is 0 Å². The molecule has 0 spiro atoms. The summed E-state index contributed by atoms with van der Waals surface area (Å²) < 4.78 is 2.43. The molecule has 282 valence electrons. The summed E-state index contributed by atoms with van der Waals surface area (Å²) in [6.45, 7) is 0. The van der Waals surface area contributed by atoms with Crippen LogP contribution in [0.1, 0.15) is 0 Å². The van der Waals surface area contributed by atoms with Gasteiger partial charge in [0.2, 0.25) is 0 Å². The van der Waals surface area contributed by atoms with Crippen LogP contribution >= 0.6 is 0 Å². The third kappa shape index (κ3) is 6.14. The molecular formula is C58H40N2. The molecule has 1 aromatic heterocycles. The van der Waals surface area contributed by atoms with Crippen LogP contribution in [0.2, 0.25) is 0 Å². The molecule has 2 nitrogen and oxygen atoms in total. The summed E-state index contributed by atoms with van der Waals surface area (Å²) >= 11 is 0. The van der Waals surface area contributed by atoms with Crippen molar-refractivity contribution < 1.29 is 0 Å². The van der Waals surface area contributed by atoms with E-state index in [2.05, 4.69) is 252 Å². The second-order valence-electron chi connectivity index (χ2n) is 15.3. The lowest BCUT2D eigenvalue weighted by Crippen LogP contribution is -2.11. The second kappa shape index (κ2) is 15.1. The summed E-state index contributed by atoms with van der Waals surface area (Å²) in [4.78, 5) is 2.43. The number of hydrogen-bond donors (Lipinski definition) is 0. The van der Waals surface area contributed by atoms with Gasteiger partial charge in [0, 0.05) is 33.1 Å². The van der Waals surface area contributed by atoms with Crippen LogP contribution in [-0.4, -0.2) is 4.57 Å². The van der Waals surface area contributed by atoms with E-state index >= 15 is 0 Å². The average molecular weight is 765 g/mol. The third-order valence-electron chi connectivity index (χ3n) is 11.8. The van der Waals surface area contributed by atoms with Crippen molar-refractivity contribution in [2.24, 2.45) is 0 Å². The normalized spacial score (nSPS) is 11.3. The Hall–Kier alpha value is -7.94. The minimum Gasteiger partial charge on any atom is -0.310 e. The molecule has 11 rings (SSSR count). The quantitative estimate of drug-likeness (QED) is 0.150. The summed E-state index contributed by atoms with van der Waals surface area (Å²) in [5.74, 6) is 0. The first-order valence-electron chi connectivity index (χ1n) is 20.6. The number of rotatable bonds is 8. The smallest absolute Gasteiger partial charge is 0.0541 e. The molecule has 1 heterocycles. The van der Waals surface area contributed by atoms with Gasteiger partial charge in [-0.2, -0.15) is 0 Å². The van der Waals surface area contributed by atoms with E-state index < -0.39 is 0 Å². The molecule has 11 aromatic rings. The molecule has 0 bridgehead atoms. The Kier molecular flexibility index (Phi) is 8.87. The van der Waals surface area contributed by atoms with Crippen molar-refractivity contribution in [1.82, 2.24) is 4.57 Å². The molecule has 0 saturated heterocycles. The average Bonchev–Trinajstić information content (AvgIpc) is 3.67. The van der Waals surface area contributed by atoms with Crippen LogP contribution in [0.4, 0.5) is 17.1 Å². The van der Waals surface area contributed by atoms with Crippen molar-refractivity contribution >= 4 is 49.6 Å². The Bertz CT molecular complexity index is 3240. The highest BCUT2D eigenvalue weighted by Crippen LogP contribution is 2.46. The molecular weight excluding hydrogens is 725 g/mol. The van der Waals surface area contributed by atoms with Gasteiger partial charge in [-0.15, -0.1) is 0 Å². The largest absolute Gasteiger partial charge is 0.310 e. The first-order chi connectivity index (χ1) is 29.8. The van der Waals surface area contributed by atoms with E-state index in [1.165, 1.54) is 77.1 Å². The highest BCUT2D eigenvalue weighted by molar-refractivity contribution is 6.11. The van der Waals surface area contributed by atoms with Gasteiger partial charge in [0.1, 0.15) is 0 Å². The molecule has 0 atom stereocenters. The molecule has 0 aliphatic carbocycles. The SMILES string of the molecule is c1ccc(-c2ccc(N(c3ccc(-c4ccccc4)c(-c4ccccc4)c3)c3ccc(-c4ccccc4-n4c5ccccc5c5ccccc54)c4ccccc34)cc2)cc1. The number of nitrogens with zero attached hydrogens (tertiary/aromatic N) is 2. The standard InChI is InChI=1S/C58H40N2/c1-4-18-41(19-5-1)42-32-34-45(35-33-42)59(46-36-37-47(43-20-6-2-7-21-43)54(40-46)44-22-8-3-9-23-44)58-39-38-49(48-24-10-11-25-50(48)58)51-26-12-15-29-55(51)60-56-30-16-13-27-52(56)53-28-14-17-31-57(53)60/h1-40H. The molecule has 0 radical (unpaired) electrons. The topological polar surface area (TPSA) is 8.17 Å². The fourth-order valence-electron chi connectivity index (χ4n) is 9.05. The zero-order valence-corrected chi connectivity index (χ0v) is 33.0. The fraction of sp³-hybridized carbons (Fsp3) is 0. The first kappa shape index (κ1) is 35.2. The fourth-order valence-corrected chi connectivity index (χ4v) is 9.05. The number of hydrogen-bond acceptors (Lipinski definition) is 1. The van der Waals surface area contributed by atoms with Gasteiger partial charge in [0.05, 0.1) is 22.4 Å². The van der Waals surface area contributed by atoms with Gasteiger partial charge < -0.3 is 9.47 Å². The highest BCUT2D eigenvalue weighted by Gasteiger charge is 2.22. The predicted octanol–water partition coefficient (Wildman–Crippen LogP) is 16.1. The van der Waals surface area contributed by atoms with Gasteiger partial charge in [-0.1, -0.05) is 194 Å². The number of benzene rings is 10. The van der Waals surface area contributed by atoms with Gasteiger partial charge in [-0.05, 0) is 92.9 Å². The Balaban J connectivity index is 1.13. The van der Waals surface area contributed by atoms with Gasteiger partial charge in [-0.25, -0.2) is 0 Å². The lowest BCUT2D eigenvalue weighted by atomic mass is 9.93. The maximum atomic E-state index is 2.43. The number of fused-ring (bicyclic) bond motifs is 4. The number of aromatic nitrogens is 1. The summed E-state index contributed by atoms with van der Waals surface area (Å²) in [6, 6.07) is 87.9. The van der Waals surface area contributed by atoms with Crippen LogP contribution in [0.3, 0.4) is 0 Å². The zero-order chi connectivity index (χ0) is 39.8. The maximum Gasteiger partial charge on any atom is 0.0541 e. The molecule has 0 amide bonds. The Morgan fingerprint density at radius 2 is 0.733 bits per heavy atom. The van der Waals surface area contributed by atoms with Gasteiger partial charge in [-0.3, -0.25) is 0 Å². The van der Waals surface area contributed by atoms with Crippen LogP contribution in [0.25, 0.3) is 82.8 Å². The Labute approximate surface area is 350 Å². The molecule has 0 N–H and O–H groups in total. The van der Waals surface area contributed by atoms with Crippen molar-refractivity contribution in [3.63, 3.8) is 0 Å². The van der Waals surface area contributed by atoms with Crippen LogP contribution in [0, 0.1) is 0 Å². The minimum atomic E-state index is 1.09. The molecule has 0 saturated carbocycles. The van der Waals surface area contributed by atoms with Crippen molar-refractivity contribution in [3.8, 4) is 50.2 Å². The Morgan fingerprint density at radius 3 is 1.38 bits per heavy atom. The van der Waals surface area contributed by atoms with Crippen LogP contribution in [-0.2, 0) is 0 Å². The van der Waals surface area contributed by atoms with Crippen LogP contribution in [0.5, 0.6) is 0 Å². The van der Waals surface area contributed by atoms with Crippen molar-refractivity contribution in [3.05, 3.63) is 243 Å². The van der Waals surface area contributed by atoms with Gasteiger partial charge in [0.25, 0.3) is 0 Å². The lowest BCUT2D eigenvalue weighted by molar-refractivity contribution is 1.18. The Morgan fingerprint density at radius 1 is 0.267 bits per heavy atom. The molecule has 2 heteroatoms. The molecule has 60 heavy (non-hydrogen) atoms. The lowest BCUT2D eigenvalue weighted by Gasteiger charge is -2.29. The third-order valence-corrected chi connectivity index (χ3v) is 11.8. The number of para-hydroxylation sites is 3. The molecule has 0 aliphatic rings. The van der Waals surface area contributed by atoms with Crippen molar-refractivity contribution in [1.29, 1.82) is 0 Å². The van der Waals surface area contributed by atoms with E-state index in [1.54, 1.807) is 0 Å². The molecule has 0 fully saturated rings. The predicted molar refractivity (Wildman–Crippen MR) is 255 cm³/mol. The van der Waals surface area contributed by atoms with E-state index in [9.17, 15) is 0 Å². The maximum absolute atomic E-state index is 2.43. The van der Waals surface area contributed by atoms with Crippen LogP contribution < -0.4 is 4.90 Å². The van der Waals surface area contributed by atoms with E-state index in [0.29, 0.717) is 0 Å². The molecule has 10 aromatic carbocycles. The summed E-state index contributed by atoms with van der Waals surface area (Å²) in [7, 11) is 0. The molecule has 0 unspecified atom stereocenters. The number of anilines is 3. The van der Waals surface area contributed by atoms with Gasteiger partial charge in [0.15, 0.2) is 0 Å². The summed E-state index contributed by atoms with van der Waals surface area (Å²) in [5, 5.41) is 4.88. The van der Waals surface area contributed by atoms with E-state index in [1.807, 2.05) is 0 Å². The van der Waals surface area contributed by atoms with E-state index in [0.717, 1.165) is 22.7 Å². The van der Waals surface area contributed by atoms with E-state index in [4.69, 9.17) is 0 Å². The summed E-state index contributed by atoms with van der Waals surface area (Å²) in [5.41, 5.74) is 16.4. The second-order valence-corrected chi connectivity index (χ2v) is 15.3.